The molecule has 4 nitrogen and oxygen atoms in total. The van der Waals surface area contributed by atoms with E-state index in [1.165, 1.54) is 5.56 Å². The molecule has 1 fully saturated rings. The summed E-state index contributed by atoms with van der Waals surface area (Å²) < 4.78 is 11.0. The summed E-state index contributed by atoms with van der Waals surface area (Å²) in [5, 5.41) is 3.39. The lowest BCUT2D eigenvalue weighted by Gasteiger charge is -2.21. The number of benzene rings is 1. The summed E-state index contributed by atoms with van der Waals surface area (Å²) in [5.74, 6) is 2.38. The van der Waals surface area contributed by atoms with Gasteiger partial charge < -0.3 is 19.7 Å². The summed E-state index contributed by atoms with van der Waals surface area (Å²) in [6.45, 7) is 2.09. The van der Waals surface area contributed by atoms with Crippen LogP contribution < -0.4 is 19.7 Å². The summed E-state index contributed by atoms with van der Waals surface area (Å²) in [6, 6.07) is 4.18. The van der Waals surface area contributed by atoms with Gasteiger partial charge in [0.25, 0.3) is 0 Å². The maximum Gasteiger partial charge on any atom is 0.142 e. The first-order chi connectivity index (χ1) is 8.67. The molecule has 1 aliphatic heterocycles. The molecular formula is C14H22N2O2. The van der Waals surface area contributed by atoms with Gasteiger partial charge in [-0.15, -0.1) is 0 Å². The van der Waals surface area contributed by atoms with Gasteiger partial charge in [0.1, 0.15) is 11.5 Å². The van der Waals surface area contributed by atoms with Crippen LogP contribution in [0.4, 0.5) is 5.69 Å². The minimum Gasteiger partial charge on any atom is -0.496 e. The van der Waals surface area contributed by atoms with Crippen LogP contribution in [0.2, 0.25) is 0 Å². The number of hydrogen-bond donors (Lipinski definition) is 1. The Morgan fingerprint density at radius 2 is 1.89 bits per heavy atom. The van der Waals surface area contributed by atoms with E-state index < -0.39 is 0 Å². The van der Waals surface area contributed by atoms with Crippen molar-refractivity contribution in [3.8, 4) is 11.5 Å². The lowest BCUT2D eigenvalue weighted by atomic mass is 9.96. The molecule has 1 aliphatic rings. The average molecular weight is 250 g/mol. The highest BCUT2D eigenvalue weighted by Gasteiger charge is 2.22. The standard InChI is InChI=1S/C14H22N2O2/c1-16(2)12-8-13(17-3)11(7-14(12)18-4)10-5-6-15-9-10/h7-8,10,15H,5-6,9H2,1-4H3. The first-order valence-electron chi connectivity index (χ1n) is 6.31. The van der Waals surface area contributed by atoms with Crippen molar-refractivity contribution in [3.63, 3.8) is 0 Å². The summed E-state index contributed by atoms with van der Waals surface area (Å²) in [6.07, 6.45) is 1.15. The highest BCUT2D eigenvalue weighted by atomic mass is 16.5. The third kappa shape index (κ3) is 2.38. The predicted octanol–water partition coefficient (Wildman–Crippen LogP) is 1.85. The Morgan fingerprint density at radius 3 is 2.39 bits per heavy atom. The SMILES string of the molecule is COc1cc(N(C)C)c(OC)cc1C1CCNC1. The van der Waals surface area contributed by atoms with E-state index in [1.807, 2.05) is 19.0 Å². The van der Waals surface area contributed by atoms with Gasteiger partial charge in [-0.25, -0.2) is 0 Å². The first kappa shape index (κ1) is 13.0. The normalized spacial score (nSPS) is 18.8. The fourth-order valence-electron chi connectivity index (χ4n) is 2.49. The molecule has 0 saturated carbocycles. The minimum atomic E-state index is 0.519. The van der Waals surface area contributed by atoms with Crippen molar-refractivity contribution in [1.29, 1.82) is 0 Å². The van der Waals surface area contributed by atoms with Crippen LogP contribution in [0, 0.1) is 0 Å². The highest BCUT2D eigenvalue weighted by molar-refractivity contribution is 5.64. The second-order valence-electron chi connectivity index (χ2n) is 4.85. The number of hydrogen-bond acceptors (Lipinski definition) is 4. The van der Waals surface area contributed by atoms with Gasteiger partial charge in [-0.2, -0.15) is 0 Å². The van der Waals surface area contributed by atoms with Crippen molar-refractivity contribution < 1.29 is 9.47 Å². The van der Waals surface area contributed by atoms with E-state index in [0.717, 1.165) is 36.7 Å². The van der Waals surface area contributed by atoms with E-state index in [4.69, 9.17) is 9.47 Å². The predicted molar refractivity (Wildman–Crippen MR) is 74.1 cm³/mol. The van der Waals surface area contributed by atoms with E-state index in [1.54, 1.807) is 14.2 Å². The van der Waals surface area contributed by atoms with Gasteiger partial charge in [-0.3, -0.25) is 0 Å². The molecule has 1 saturated heterocycles. The van der Waals surface area contributed by atoms with Gasteiger partial charge in [-0.1, -0.05) is 0 Å². The number of rotatable bonds is 4. The van der Waals surface area contributed by atoms with Crippen molar-refractivity contribution in [3.05, 3.63) is 17.7 Å². The second-order valence-corrected chi connectivity index (χ2v) is 4.85. The van der Waals surface area contributed by atoms with Crippen molar-refractivity contribution >= 4 is 5.69 Å². The van der Waals surface area contributed by atoms with Gasteiger partial charge >= 0.3 is 0 Å². The summed E-state index contributed by atoms with van der Waals surface area (Å²) in [5.41, 5.74) is 2.29. The molecule has 0 spiro atoms. The molecule has 0 amide bonds. The minimum absolute atomic E-state index is 0.519. The Bertz CT molecular complexity index is 413. The molecule has 0 aliphatic carbocycles. The zero-order valence-corrected chi connectivity index (χ0v) is 11.6. The van der Waals surface area contributed by atoms with Crippen molar-refractivity contribution in [2.75, 3.05) is 46.3 Å². The largest absolute Gasteiger partial charge is 0.496 e. The van der Waals surface area contributed by atoms with Crippen LogP contribution in [0.1, 0.15) is 17.9 Å². The van der Waals surface area contributed by atoms with Crippen LogP contribution in [0.3, 0.4) is 0 Å². The van der Waals surface area contributed by atoms with E-state index in [0.29, 0.717) is 5.92 Å². The monoisotopic (exact) mass is 250 g/mol. The number of anilines is 1. The molecule has 0 aromatic heterocycles. The molecule has 100 valence electrons. The lowest BCUT2D eigenvalue weighted by molar-refractivity contribution is 0.396. The number of methoxy groups -OCH3 is 2. The summed E-state index contributed by atoms with van der Waals surface area (Å²) in [7, 11) is 7.46. The third-order valence-corrected chi connectivity index (χ3v) is 3.51. The van der Waals surface area contributed by atoms with Crippen molar-refractivity contribution in [2.24, 2.45) is 0 Å². The van der Waals surface area contributed by atoms with E-state index in [-0.39, 0.29) is 0 Å². The van der Waals surface area contributed by atoms with E-state index in [9.17, 15) is 0 Å². The zero-order chi connectivity index (χ0) is 13.1. The Morgan fingerprint density at radius 1 is 1.17 bits per heavy atom. The fourth-order valence-corrected chi connectivity index (χ4v) is 2.49. The van der Waals surface area contributed by atoms with Crippen molar-refractivity contribution in [1.82, 2.24) is 5.32 Å². The molecule has 1 aromatic carbocycles. The second kappa shape index (κ2) is 5.48. The van der Waals surface area contributed by atoms with Crippen LogP contribution in [0.15, 0.2) is 12.1 Å². The molecule has 1 atom stereocenters. The molecule has 4 heteroatoms. The van der Waals surface area contributed by atoms with Gasteiger partial charge in [0, 0.05) is 38.2 Å². The number of nitrogens with one attached hydrogen (secondary N) is 1. The van der Waals surface area contributed by atoms with E-state index in [2.05, 4.69) is 17.4 Å². The maximum absolute atomic E-state index is 5.54. The Kier molecular flexibility index (Phi) is 3.97. The smallest absolute Gasteiger partial charge is 0.142 e. The van der Waals surface area contributed by atoms with Gasteiger partial charge in [0.2, 0.25) is 0 Å². The molecule has 1 unspecified atom stereocenters. The van der Waals surface area contributed by atoms with Crippen LogP contribution >= 0.6 is 0 Å². The quantitative estimate of drug-likeness (QED) is 0.884. The zero-order valence-electron chi connectivity index (χ0n) is 11.6. The molecule has 2 rings (SSSR count). The van der Waals surface area contributed by atoms with Crippen LogP contribution in [-0.4, -0.2) is 41.4 Å². The van der Waals surface area contributed by atoms with Gasteiger partial charge in [0.05, 0.1) is 19.9 Å². The number of nitrogens with zero attached hydrogens (tertiary/aromatic N) is 1. The highest BCUT2D eigenvalue weighted by Crippen LogP contribution is 2.39. The average Bonchev–Trinajstić information content (AvgIpc) is 2.90. The van der Waals surface area contributed by atoms with Crippen molar-refractivity contribution in [2.45, 2.75) is 12.3 Å². The topological polar surface area (TPSA) is 33.7 Å². The molecular weight excluding hydrogens is 228 g/mol. The molecule has 0 radical (unpaired) electrons. The van der Waals surface area contributed by atoms with Crippen LogP contribution in [0.25, 0.3) is 0 Å². The van der Waals surface area contributed by atoms with E-state index >= 15 is 0 Å². The summed E-state index contributed by atoms with van der Waals surface area (Å²) >= 11 is 0. The molecule has 1 N–H and O–H groups in total. The Hall–Kier alpha value is -1.42. The van der Waals surface area contributed by atoms with Crippen LogP contribution in [0.5, 0.6) is 11.5 Å². The molecule has 0 bridgehead atoms. The Labute approximate surface area is 109 Å². The molecule has 18 heavy (non-hydrogen) atoms. The molecule has 1 aromatic rings. The van der Waals surface area contributed by atoms with Crippen LogP contribution in [-0.2, 0) is 0 Å². The first-order valence-corrected chi connectivity index (χ1v) is 6.31. The van der Waals surface area contributed by atoms with Gasteiger partial charge in [0.15, 0.2) is 0 Å². The van der Waals surface area contributed by atoms with Gasteiger partial charge in [-0.05, 0) is 19.0 Å². The number of ether oxygens (including phenoxy) is 2. The third-order valence-electron chi connectivity index (χ3n) is 3.51. The summed E-state index contributed by atoms with van der Waals surface area (Å²) in [4.78, 5) is 2.04. The lowest BCUT2D eigenvalue weighted by Crippen LogP contribution is -2.12. The Balaban J connectivity index is 2.45. The molecule has 1 heterocycles. The maximum atomic E-state index is 5.54. The fraction of sp³-hybridized carbons (Fsp3) is 0.571.